The van der Waals surface area contributed by atoms with Gasteiger partial charge in [0, 0.05) is 12.1 Å². The molecule has 2 aromatic carbocycles. The van der Waals surface area contributed by atoms with Crippen LogP contribution in [0.15, 0.2) is 53.3 Å². The van der Waals surface area contributed by atoms with E-state index in [1.165, 1.54) is 28.8 Å². The highest BCUT2D eigenvalue weighted by molar-refractivity contribution is 5.39. The van der Waals surface area contributed by atoms with E-state index in [4.69, 9.17) is 5.73 Å². The van der Waals surface area contributed by atoms with Crippen molar-refractivity contribution in [3.63, 3.8) is 0 Å². The van der Waals surface area contributed by atoms with Gasteiger partial charge < -0.3 is 11.1 Å². The summed E-state index contributed by atoms with van der Waals surface area (Å²) in [7, 11) is 0. The van der Waals surface area contributed by atoms with Crippen molar-refractivity contribution in [1.82, 2.24) is 14.9 Å². The van der Waals surface area contributed by atoms with E-state index < -0.39 is 6.04 Å². The molecule has 0 aliphatic carbocycles. The standard InChI is InChI=1S/C20H18F2N4O/c21-14-5-1-12(2-6-14)18(13-3-7-15(22)8-4-13)26-19(27)16-9-10-24-11-17(16)25-20(26)23/h1-8,18,24H,9-11H2,(H2,23,25). The summed E-state index contributed by atoms with van der Waals surface area (Å²) in [6.45, 7) is 1.18. The second-order valence-corrected chi connectivity index (χ2v) is 6.50. The van der Waals surface area contributed by atoms with Crippen LogP contribution in [0.4, 0.5) is 14.7 Å². The summed E-state index contributed by atoms with van der Waals surface area (Å²) in [5, 5.41) is 3.17. The van der Waals surface area contributed by atoms with Crippen molar-refractivity contribution in [2.24, 2.45) is 0 Å². The van der Waals surface area contributed by atoms with Crippen LogP contribution in [-0.4, -0.2) is 16.1 Å². The molecular formula is C20H18F2N4O. The Labute approximate surface area is 154 Å². The summed E-state index contributed by atoms with van der Waals surface area (Å²) in [6, 6.07) is 11.0. The number of nitrogens with one attached hydrogen (secondary N) is 1. The molecule has 7 heteroatoms. The van der Waals surface area contributed by atoms with E-state index in [-0.39, 0.29) is 23.1 Å². The average molecular weight is 368 g/mol. The lowest BCUT2D eigenvalue weighted by atomic mass is 9.97. The molecule has 1 aromatic heterocycles. The van der Waals surface area contributed by atoms with Gasteiger partial charge in [-0.1, -0.05) is 24.3 Å². The van der Waals surface area contributed by atoms with Crippen LogP contribution in [0, 0.1) is 11.6 Å². The van der Waals surface area contributed by atoms with Gasteiger partial charge in [0.25, 0.3) is 5.56 Å². The van der Waals surface area contributed by atoms with E-state index in [0.29, 0.717) is 41.9 Å². The van der Waals surface area contributed by atoms with Crippen LogP contribution in [0.2, 0.25) is 0 Å². The zero-order valence-corrected chi connectivity index (χ0v) is 14.5. The monoisotopic (exact) mass is 368 g/mol. The second-order valence-electron chi connectivity index (χ2n) is 6.50. The molecule has 27 heavy (non-hydrogen) atoms. The van der Waals surface area contributed by atoms with Crippen LogP contribution in [0.3, 0.4) is 0 Å². The molecule has 0 fully saturated rings. The lowest BCUT2D eigenvalue weighted by Gasteiger charge is -2.25. The quantitative estimate of drug-likeness (QED) is 0.745. The highest BCUT2D eigenvalue weighted by Crippen LogP contribution is 2.28. The lowest BCUT2D eigenvalue weighted by molar-refractivity contribution is 0.577. The Morgan fingerprint density at radius 1 is 1.00 bits per heavy atom. The number of benzene rings is 2. The Kier molecular flexibility index (Phi) is 4.45. The highest BCUT2D eigenvalue weighted by atomic mass is 19.1. The highest BCUT2D eigenvalue weighted by Gasteiger charge is 2.25. The van der Waals surface area contributed by atoms with Gasteiger partial charge in [0.2, 0.25) is 5.95 Å². The third-order valence-electron chi connectivity index (χ3n) is 4.80. The first-order valence-electron chi connectivity index (χ1n) is 8.66. The van der Waals surface area contributed by atoms with Gasteiger partial charge in [0.05, 0.1) is 11.7 Å². The van der Waals surface area contributed by atoms with Crippen molar-refractivity contribution in [1.29, 1.82) is 0 Å². The van der Waals surface area contributed by atoms with Crippen molar-refractivity contribution in [3.8, 4) is 0 Å². The normalized spacial score (nSPS) is 13.6. The maximum absolute atomic E-state index is 13.4. The van der Waals surface area contributed by atoms with Crippen LogP contribution in [-0.2, 0) is 13.0 Å². The van der Waals surface area contributed by atoms with Gasteiger partial charge in [0.15, 0.2) is 0 Å². The Balaban J connectivity index is 1.95. The van der Waals surface area contributed by atoms with Gasteiger partial charge in [-0.2, -0.15) is 0 Å². The minimum atomic E-state index is -0.633. The first-order chi connectivity index (χ1) is 13.0. The Hall–Kier alpha value is -3.06. The summed E-state index contributed by atoms with van der Waals surface area (Å²) in [4.78, 5) is 17.6. The van der Waals surface area contributed by atoms with Crippen LogP contribution in [0.25, 0.3) is 0 Å². The van der Waals surface area contributed by atoms with E-state index in [2.05, 4.69) is 10.3 Å². The summed E-state index contributed by atoms with van der Waals surface area (Å²) in [6.07, 6.45) is 0.557. The minimum Gasteiger partial charge on any atom is -0.369 e. The molecule has 0 atom stereocenters. The molecule has 0 saturated heterocycles. The number of aromatic nitrogens is 2. The predicted molar refractivity (Wildman–Crippen MR) is 98.4 cm³/mol. The number of hydrogen-bond donors (Lipinski definition) is 2. The second kappa shape index (κ2) is 6.92. The van der Waals surface area contributed by atoms with Crippen molar-refractivity contribution < 1.29 is 8.78 Å². The molecule has 5 nitrogen and oxygen atoms in total. The van der Waals surface area contributed by atoms with Gasteiger partial charge in [-0.05, 0) is 48.4 Å². The topological polar surface area (TPSA) is 72.9 Å². The molecule has 3 aromatic rings. The summed E-state index contributed by atoms with van der Waals surface area (Å²) in [5.74, 6) is -0.695. The third-order valence-corrected chi connectivity index (χ3v) is 4.80. The zero-order chi connectivity index (χ0) is 19.0. The number of nitrogens with zero attached hydrogens (tertiary/aromatic N) is 2. The molecule has 0 radical (unpaired) electrons. The summed E-state index contributed by atoms with van der Waals surface area (Å²) in [5.41, 5.74) is 8.52. The van der Waals surface area contributed by atoms with E-state index >= 15 is 0 Å². The van der Waals surface area contributed by atoms with E-state index in [1.807, 2.05) is 0 Å². The molecule has 0 amide bonds. The molecule has 0 saturated carbocycles. The number of nitrogens with two attached hydrogens (primary N) is 1. The molecule has 0 unspecified atom stereocenters. The fraction of sp³-hybridized carbons (Fsp3) is 0.200. The molecule has 3 N–H and O–H groups in total. The molecule has 2 heterocycles. The summed E-state index contributed by atoms with van der Waals surface area (Å²) < 4.78 is 28.3. The number of fused-ring (bicyclic) bond motifs is 1. The molecule has 1 aliphatic rings. The van der Waals surface area contributed by atoms with Crippen LogP contribution < -0.4 is 16.6 Å². The SMILES string of the molecule is Nc1nc2c(c(=O)n1C(c1ccc(F)cc1)c1ccc(F)cc1)CCNC2. The summed E-state index contributed by atoms with van der Waals surface area (Å²) >= 11 is 0. The largest absolute Gasteiger partial charge is 0.369 e. The van der Waals surface area contributed by atoms with Crippen molar-refractivity contribution in [2.75, 3.05) is 12.3 Å². The van der Waals surface area contributed by atoms with Gasteiger partial charge in [-0.15, -0.1) is 0 Å². The Morgan fingerprint density at radius 3 is 2.11 bits per heavy atom. The third kappa shape index (κ3) is 3.21. The molecule has 0 bridgehead atoms. The zero-order valence-electron chi connectivity index (χ0n) is 14.5. The maximum Gasteiger partial charge on any atom is 0.259 e. The van der Waals surface area contributed by atoms with Gasteiger partial charge in [0.1, 0.15) is 11.6 Å². The first kappa shape index (κ1) is 17.4. The first-order valence-corrected chi connectivity index (χ1v) is 8.66. The van der Waals surface area contributed by atoms with Crippen molar-refractivity contribution >= 4 is 5.95 Å². The Morgan fingerprint density at radius 2 is 1.56 bits per heavy atom. The fourth-order valence-corrected chi connectivity index (χ4v) is 3.48. The predicted octanol–water partition coefficient (Wildman–Crippen LogP) is 2.39. The van der Waals surface area contributed by atoms with Gasteiger partial charge >= 0.3 is 0 Å². The average Bonchev–Trinajstić information content (AvgIpc) is 2.67. The van der Waals surface area contributed by atoms with Crippen LogP contribution in [0.1, 0.15) is 28.4 Å². The van der Waals surface area contributed by atoms with E-state index in [1.54, 1.807) is 24.3 Å². The molecular weight excluding hydrogens is 350 g/mol. The van der Waals surface area contributed by atoms with E-state index in [9.17, 15) is 13.6 Å². The lowest BCUT2D eigenvalue weighted by Crippen LogP contribution is -2.38. The molecule has 138 valence electrons. The smallest absolute Gasteiger partial charge is 0.259 e. The molecule has 0 spiro atoms. The maximum atomic E-state index is 13.4. The minimum absolute atomic E-state index is 0.0705. The number of rotatable bonds is 3. The Bertz CT molecular complexity index is 984. The molecule has 1 aliphatic heterocycles. The van der Waals surface area contributed by atoms with Crippen molar-refractivity contribution in [3.05, 3.63) is 92.9 Å². The molecule has 4 rings (SSSR count). The number of halogens is 2. The van der Waals surface area contributed by atoms with Crippen LogP contribution in [0.5, 0.6) is 0 Å². The van der Waals surface area contributed by atoms with Gasteiger partial charge in [-0.3, -0.25) is 9.36 Å². The van der Waals surface area contributed by atoms with Crippen LogP contribution >= 0.6 is 0 Å². The number of hydrogen-bond acceptors (Lipinski definition) is 4. The number of nitrogen functional groups attached to an aromatic ring is 1. The van der Waals surface area contributed by atoms with E-state index in [0.717, 1.165) is 0 Å². The van der Waals surface area contributed by atoms with Crippen molar-refractivity contribution in [2.45, 2.75) is 19.0 Å². The fourth-order valence-electron chi connectivity index (χ4n) is 3.48. The van der Waals surface area contributed by atoms with Gasteiger partial charge in [-0.25, -0.2) is 13.8 Å². The number of anilines is 1.